The number of aryl methyl sites for hydroxylation is 1. The molecule has 2 aromatic carbocycles. The molecule has 0 radical (unpaired) electrons. The lowest BCUT2D eigenvalue weighted by atomic mass is 9.96. The highest BCUT2D eigenvalue weighted by molar-refractivity contribution is 5.77. The van der Waals surface area contributed by atoms with Gasteiger partial charge in [-0.3, -0.25) is 14.6 Å². The summed E-state index contributed by atoms with van der Waals surface area (Å²) >= 11 is 0. The van der Waals surface area contributed by atoms with Crippen molar-refractivity contribution in [3.05, 3.63) is 89.2 Å². The van der Waals surface area contributed by atoms with Crippen molar-refractivity contribution in [2.45, 2.75) is 38.9 Å². The van der Waals surface area contributed by atoms with Gasteiger partial charge in [-0.05, 0) is 53.8 Å². The molecule has 3 rings (SSSR count). The van der Waals surface area contributed by atoms with Crippen molar-refractivity contribution in [2.75, 3.05) is 6.54 Å². The van der Waals surface area contributed by atoms with Crippen molar-refractivity contribution in [3.63, 3.8) is 0 Å². The summed E-state index contributed by atoms with van der Waals surface area (Å²) in [4.78, 5) is 29.5. The molecule has 0 unspecified atom stereocenters. The van der Waals surface area contributed by atoms with E-state index in [1.807, 2.05) is 30.3 Å². The molecule has 0 saturated carbocycles. The number of aliphatic carboxylic acids is 1. The summed E-state index contributed by atoms with van der Waals surface area (Å²) in [7, 11) is 0. The lowest BCUT2D eigenvalue weighted by Gasteiger charge is -2.24. The van der Waals surface area contributed by atoms with Gasteiger partial charge in [-0.15, -0.1) is 0 Å². The van der Waals surface area contributed by atoms with Crippen LogP contribution in [0.25, 0.3) is 11.1 Å². The monoisotopic (exact) mass is 470 g/mol. The molecule has 34 heavy (non-hydrogen) atoms. The Morgan fingerprint density at radius 2 is 1.74 bits per heavy atom. The molecule has 0 spiro atoms. The zero-order chi connectivity index (χ0) is 24.7. The van der Waals surface area contributed by atoms with Gasteiger partial charge in [0.05, 0.1) is 12.0 Å². The molecule has 0 bridgehead atoms. The minimum absolute atomic E-state index is 0.00741. The van der Waals surface area contributed by atoms with Crippen molar-refractivity contribution >= 4 is 11.9 Å². The lowest BCUT2D eigenvalue weighted by molar-refractivity contribution is -0.138. The largest absolute Gasteiger partial charge is 0.481 e. The summed E-state index contributed by atoms with van der Waals surface area (Å²) in [6.45, 7) is 2.11. The molecule has 1 N–H and O–H groups in total. The maximum atomic E-state index is 13.4. The van der Waals surface area contributed by atoms with E-state index in [0.717, 1.165) is 17.7 Å². The van der Waals surface area contributed by atoms with Crippen molar-refractivity contribution in [3.8, 4) is 11.1 Å². The standard InChI is InChI=1S/C26H25F3N2O3/c1-2-31(24(32)11-8-18-6-4-3-5-7-18)17-21-14-22(26(27,28)29)9-10-23(21)20-12-19(13-25(33)34)15-30-16-20/h3-7,9-10,12,14-16H,2,8,11,13,17H2,1H3,(H,33,34). The van der Waals surface area contributed by atoms with Crippen LogP contribution in [0.1, 0.15) is 35.6 Å². The van der Waals surface area contributed by atoms with E-state index in [-0.39, 0.29) is 25.3 Å². The fraction of sp³-hybridized carbons (Fsp3) is 0.269. The van der Waals surface area contributed by atoms with Gasteiger partial charge in [0.1, 0.15) is 0 Å². The van der Waals surface area contributed by atoms with Crippen molar-refractivity contribution in [1.82, 2.24) is 9.88 Å². The fourth-order valence-corrected chi connectivity index (χ4v) is 3.72. The second kappa shape index (κ2) is 11.0. The number of carboxylic acid groups (broad SMARTS) is 1. The van der Waals surface area contributed by atoms with Crippen LogP contribution in [-0.2, 0) is 35.2 Å². The zero-order valence-electron chi connectivity index (χ0n) is 18.7. The Bertz CT molecular complexity index is 1150. The third-order valence-electron chi connectivity index (χ3n) is 5.46. The topological polar surface area (TPSA) is 70.5 Å². The summed E-state index contributed by atoms with van der Waals surface area (Å²) in [6.07, 6.45) is -1.13. The van der Waals surface area contributed by atoms with Crippen LogP contribution in [0.15, 0.2) is 67.0 Å². The van der Waals surface area contributed by atoms with Crippen LogP contribution in [-0.4, -0.2) is 33.4 Å². The highest BCUT2D eigenvalue weighted by atomic mass is 19.4. The molecule has 0 fully saturated rings. The fourth-order valence-electron chi connectivity index (χ4n) is 3.72. The quantitative estimate of drug-likeness (QED) is 0.456. The van der Waals surface area contributed by atoms with Gasteiger partial charge >= 0.3 is 12.1 Å². The first-order valence-corrected chi connectivity index (χ1v) is 10.8. The van der Waals surface area contributed by atoms with Gasteiger partial charge in [-0.25, -0.2) is 0 Å². The molecule has 178 valence electrons. The van der Waals surface area contributed by atoms with Crippen LogP contribution >= 0.6 is 0 Å². The zero-order valence-corrected chi connectivity index (χ0v) is 18.7. The Hall–Kier alpha value is -3.68. The predicted octanol–water partition coefficient (Wildman–Crippen LogP) is 5.38. The molecule has 0 aliphatic heterocycles. The second-order valence-electron chi connectivity index (χ2n) is 7.92. The first-order valence-electron chi connectivity index (χ1n) is 10.8. The normalized spacial score (nSPS) is 11.3. The predicted molar refractivity (Wildman–Crippen MR) is 122 cm³/mol. The van der Waals surface area contributed by atoms with Crippen LogP contribution in [0, 0.1) is 0 Å². The lowest BCUT2D eigenvalue weighted by Crippen LogP contribution is -2.30. The number of hydrogen-bond acceptors (Lipinski definition) is 3. The third kappa shape index (κ3) is 6.66. The van der Waals surface area contributed by atoms with Gasteiger partial charge in [0.25, 0.3) is 0 Å². The maximum absolute atomic E-state index is 13.4. The van der Waals surface area contributed by atoms with E-state index in [1.165, 1.54) is 23.4 Å². The Kier molecular flexibility index (Phi) is 8.04. The highest BCUT2D eigenvalue weighted by Crippen LogP contribution is 2.34. The van der Waals surface area contributed by atoms with E-state index >= 15 is 0 Å². The van der Waals surface area contributed by atoms with Gasteiger partial charge in [0, 0.05) is 37.5 Å². The maximum Gasteiger partial charge on any atom is 0.416 e. The van der Waals surface area contributed by atoms with Crippen LogP contribution in [0.2, 0.25) is 0 Å². The van der Waals surface area contributed by atoms with Gasteiger partial charge in [-0.1, -0.05) is 36.4 Å². The van der Waals surface area contributed by atoms with Crippen LogP contribution < -0.4 is 0 Å². The number of rotatable bonds is 9. The number of halogens is 3. The van der Waals surface area contributed by atoms with E-state index < -0.39 is 17.7 Å². The number of nitrogens with zero attached hydrogens (tertiary/aromatic N) is 2. The number of amides is 1. The molecule has 0 atom stereocenters. The number of benzene rings is 2. The molecule has 5 nitrogen and oxygen atoms in total. The first-order chi connectivity index (χ1) is 16.2. The molecule has 1 amide bonds. The molecule has 1 heterocycles. The number of aromatic nitrogens is 1. The molecule has 0 aliphatic carbocycles. The summed E-state index contributed by atoms with van der Waals surface area (Å²) in [5, 5.41) is 9.06. The summed E-state index contributed by atoms with van der Waals surface area (Å²) < 4.78 is 40.3. The number of carbonyl (C=O) groups excluding carboxylic acids is 1. The van der Waals surface area contributed by atoms with E-state index in [2.05, 4.69) is 4.98 Å². The molecular weight excluding hydrogens is 445 g/mol. The second-order valence-corrected chi connectivity index (χ2v) is 7.92. The average Bonchev–Trinajstić information content (AvgIpc) is 2.80. The number of carbonyl (C=O) groups is 2. The Balaban J connectivity index is 1.91. The van der Waals surface area contributed by atoms with Crippen LogP contribution in [0.5, 0.6) is 0 Å². The number of hydrogen-bond donors (Lipinski definition) is 1. The molecule has 0 saturated heterocycles. The summed E-state index contributed by atoms with van der Waals surface area (Å²) in [5.74, 6) is -1.19. The average molecular weight is 470 g/mol. The van der Waals surface area contributed by atoms with E-state index in [9.17, 15) is 22.8 Å². The van der Waals surface area contributed by atoms with Crippen molar-refractivity contribution in [2.24, 2.45) is 0 Å². The molecule has 1 aromatic heterocycles. The van der Waals surface area contributed by atoms with E-state index in [1.54, 1.807) is 13.0 Å². The minimum atomic E-state index is -4.54. The molecule has 8 heteroatoms. The summed E-state index contributed by atoms with van der Waals surface area (Å²) in [6, 6.07) is 14.5. The van der Waals surface area contributed by atoms with Crippen LogP contribution in [0.4, 0.5) is 13.2 Å². The third-order valence-corrected chi connectivity index (χ3v) is 5.46. The smallest absolute Gasteiger partial charge is 0.416 e. The number of alkyl halides is 3. The van der Waals surface area contributed by atoms with Crippen LogP contribution in [0.3, 0.4) is 0 Å². The summed E-state index contributed by atoms with van der Waals surface area (Å²) in [5.41, 5.74) is 1.92. The minimum Gasteiger partial charge on any atom is -0.481 e. The van der Waals surface area contributed by atoms with Gasteiger partial charge in [0.2, 0.25) is 5.91 Å². The number of carboxylic acids is 1. The Morgan fingerprint density at radius 3 is 2.38 bits per heavy atom. The first kappa shape index (κ1) is 25.0. The molecule has 0 aliphatic rings. The number of pyridine rings is 1. The van der Waals surface area contributed by atoms with Gasteiger partial charge in [0.15, 0.2) is 0 Å². The SMILES string of the molecule is CCN(Cc1cc(C(F)(F)F)ccc1-c1cncc(CC(=O)O)c1)C(=O)CCc1ccccc1. The molecular formula is C26H25F3N2O3. The van der Waals surface area contributed by atoms with E-state index in [0.29, 0.717) is 35.2 Å². The highest BCUT2D eigenvalue weighted by Gasteiger charge is 2.31. The van der Waals surface area contributed by atoms with Gasteiger partial charge in [-0.2, -0.15) is 13.2 Å². The molecule has 3 aromatic rings. The van der Waals surface area contributed by atoms with Crippen molar-refractivity contribution in [1.29, 1.82) is 0 Å². The van der Waals surface area contributed by atoms with E-state index in [4.69, 9.17) is 5.11 Å². The Morgan fingerprint density at radius 1 is 1.00 bits per heavy atom. The van der Waals surface area contributed by atoms with Crippen molar-refractivity contribution < 1.29 is 27.9 Å². The van der Waals surface area contributed by atoms with Gasteiger partial charge < -0.3 is 10.0 Å². The Labute approximate surface area is 195 Å².